The number of hydrogen-bond acceptors (Lipinski definition) is 5. The van der Waals surface area contributed by atoms with E-state index in [-0.39, 0.29) is 40.9 Å². The third-order valence-electron chi connectivity index (χ3n) is 4.45. The molecule has 8 heteroatoms. The highest BCUT2D eigenvalue weighted by Gasteiger charge is 2.35. The van der Waals surface area contributed by atoms with Crippen molar-refractivity contribution in [1.29, 1.82) is 0 Å². The SMILES string of the molecule is CCN(C(=O)CC1CCS(=O)(=O)CC1)C1CCS(=O)(=O)C1. The summed E-state index contributed by atoms with van der Waals surface area (Å²) in [6, 6.07) is -0.208. The van der Waals surface area contributed by atoms with Crippen LogP contribution in [0.3, 0.4) is 0 Å². The Kier molecular flexibility index (Phi) is 4.97. The van der Waals surface area contributed by atoms with Crippen LogP contribution in [0.15, 0.2) is 0 Å². The predicted octanol–water partition coefficient (Wildman–Crippen LogP) is 0.237. The van der Waals surface area contributed by atoms with Gasteiger partial charge < -0.3 is 4.90 Å². The minimum absolute atomic E-state index is 0.0381. The Labute approximate surface area is 126 Å². The molecule has 0 N–H and O–H groups in total. The van der Waals surface area contributed by atoms with Crippen LogP contribution in [-0.4, -0.2) is 63.2 Å². The molecule has 2 aliphatic heterocycles. The Morgan fingerprint density at radius 2 is 1.57 bits per heavy atom. The van der Waals surface area contributed by atoms with Gasteiger partial charge in [0, 0.05) is 19.0 Å². The summed E-state index contributed by atoms with van der Waals surface area (Å²) in [6.45, 7) is 2.36. The molecular formula is C13H23NO5S2. The first kappa shape index (κ1) is 16.7. The fourth-order valence-corrected chi connectivity index (χ4v) is 6.49. The Hall–Kier alpha value is -0.630. The summed E-state index contributed by atoms with van der Waals surface area (Å²) >= 11 is 0. The van der Waals surface area contributed by atoms with E-state index in [1.165, 1.54) is 0 Å². The van der Waals surface area contributed by atoms with Crippen LogP contribution in [-0.2, 0) is 24.5 Å². The van der Waals surface area contributed by atoms with E-state index in [0.717, 1.165) is 0 Å². The minimum Gasteiger partial charge on any atom is -0.339 e. The lowest BCUT2D eigenvalue weighted by Crippen LogP contribution is -2.42. The molecule has 2 heterocycles. The average molecular weight is 337 g/mol. The van der Waals surface area contributed by atoms with Gasteiger partial charge in [-0.1, -0.05) is 0 Å². The molecule has 2 rings (SSSR count). The first-order valence-electron chi connectivity index (χ1n) is 7.43. The molecular weight excluding hydrogens is 314 g/mol. The van der Waals surface area contributed by atoms with E-state index in [1.54, 1.807) is 4.90 Å². The summed E-state index contributed by atoms with van der Waals surface area (Å²) < 4.78 is 45.9. The largest absolute Gasteiger partial charge is 0.339 e. The normalized spacial score (nSPS) is 28.3. The van der Waals surface area contributed by atoms with E-state index in [2.05, 4.69) is 0 Å². The zero-order valence-corrected chi connectivity index (χ0v) is 14.0. The van der Waals surface area contributed by atoms with Gasteiger partial charge in [0.2, 0.25) is 5.91 Å². The molecule has 122 valence electrons. The van der Waals surface area contributed by atoms with Crippen LogP contribution in [0.4, 0.5) is 0 Å². The van der Waals surface area contributed by atoms with Crippen molar-refractivity contribution in [3.8, 4) is 0 Å². The standard InChI is InChI=1S/C13H23NO5S2/c1-2-14(12-5-8-21(18,19)10-12)13(15)9-11-3-6-20(16,17)7-4-11/h11-12H,2-10H2,1H3. The average Bonchev–Trinajstić information content (AvgIpc) is 2.73. The van der Waals surface area contributed by atoms with Gasteiger partial charge in [0.25, 0.3) is 0 Å². The number of carbonyl (C=O) groups excluding carboxylic acids is 1. The maximum Gasteiger partial charge on any atom is 0.223 e. The van der Waals surface area contributed by atoms with Crippen molar-refractivity contribution in [2.24, 2.45) is 5.92 Å². The zero-order valence-electron chi connectivity index (χ0n) is 12.3. The second-order valence-electron chi connectivity index (χ2n) is 6.04. The van der Waals surface area contributed by atoms with Gasteiger partial charge in [0.1, 0.15) is 9.84 Å². The Bertz CT molecular complexity index is 582. The van der Waals surface area contributed by atoms with Gasteiger partial charge in [-0.05, 0) is 32.1 Å². The molecule has 2 saturated heterocycles. The summed E-state index contributed by atoms with van der Waals surface area (Å²) in [5.74, 6) is 0.607. The van der Waals surface area contributed by atoms with Gasteiger partial charge in [-0.2, -0.15) is 0 Å². The number of rotatable bonds is 4. The molecule has 0 radical (unpaired) electrons. The van der Waals surface area contributed by atoms with Crippen molar-refractivity contribution < 1.29 is 21.6 Å². The van der Waals surface area contributed by atoms with Crippen molar-refractivity contribution >= 4 is 25.6 Å². The second-order valence-corrected chi connectivity index (χ2v) is 10.6. The summed E-state index contributed by atoms with van der Waals surface area (Å²) in [5.41, 5.74) is 0. The third kappa shape index (κ3) is 4.42. The highest BCUT2D eigenvalue weighted by molar-refractivity contribution is 7.91. The third-order valence-corrected chi connectivity index (χ3v) is 7.91. The number of hydrogen-bond donors (Lipinski definition) is 0. The Morgan fingerprint density at radius 1 is 1.00 bits per heavy atom. The number of carbonyl (C=O) groups is 1. The molecule has 0 aromatic heterocycles. The van der Waals surface area contributed by atoms with Gasteiger partial charge in [0.05, 0.1) is 23.0 Å². The van der Waals surface area contributed by atoms with Crippen molar-refractivity contribution in [3.63, 3.8) is 0 Å². The van der Waals surface area contributed by atoms with E-state index in [9.17, 15) is 21.6 Å². The molecule has 1 unspecified atom stereocenters. The van der Waals surface area contributed by atoms with E-state index in [1.807, 2.05) is 6.92 Å². The van der Waals surface area contributed by atoms with Crippen LogP contribution >= 0.6 is 0 Å². The molecule has 0 aromatic rings. The molecule has 0 spiro atoms. The van der Waals surface area contributed by atoms with Gasteiger partial charge in [0.15, 0.2) is 9.84 Å². The summed E-state index contributed by atoms with van der Waals surface area (Å²) in [6.07, 6.45) is 1.92. The summed E-state index contributed by atoms with van der Waals surface area (Å²) in [5, 5.41) is 0. The van der Waals surface area contributed by atoms with Crippen molar-refractivity contribution in [3.05, 3.63) is 0 Å². The van der Waals surface area contributed by atoms with E-state index >= 15 is 0 Å². The van der Waals surface area contributed by atoms with E-state index < -0.39 is 19.7 Å². The molecule has 0 aliphatic carbocycles. The quantitative estimate of drug-likeness (QED) is 0.733. The first-order valence-corrected chi connectivity index (χ1v) is 11.1. The number of sulfone groups is 2. The lowest BCUT2D eigenvalue weighted by Gasteiger charge is -2.29. The van der Waals surface area contributed by atoms with Crippen LogP contribution < -0.4 is 0 Å². The van der Waals surface area contributed by atoms with E-state index in [4.69, 9.17) is 0 Å². The minimum atomic E-state index is -3.01. The van der Waals surface area contributed by atoms with Gasteiger partial charge in [-0.25, -0.2) is 16.8 Å². The maximum absolute atomic E-state index is 12.4. The first-order chi connectivity index (χ1) is 9.72. The molecule has 1 atom stereocenters. The van der Waals surface area contributed by atoms with Crippen molar-refractivity contribution in [1.82, 2.24) is 4.90 Å². The lowest BCUT2D eigenvalue weighted by molar-refractivity contribution is -0.133. The smallest absolute Gasteiger partial charge is 0.223 e. The Balaban J connectivity index is 1.92. The van der Waals surface area contributed by atoms with Gasteiger partial charge in [-0.3, -0.25) is 4.79 Å². The zero-order chi connectivity index (χ0) is 15.7. The number of nitrogens with zero attached hydrogens (tertiary/aromatic N) is 1. The molecule has 0 saturated carbocycles. The lowest BCUT2D eigenvalue weighted by atomic mass is 9.97. The van der Waals surface area contributed by atoms with Crippen molar-refractivity contribution in [2.45, 2.75) is 38.6 Å². The highest BCUT2D eigenvalue weighted by atomic mass is 32.2. The molecule has 2 aliphatic rings. The molecule has 0 bridgehead atoms. The van der Waals surface area contributed by atoms with Crippen LogP contribution in [0.5, 0.6) is 0 Å². The van der Waals surface area contributed by atoms with Crippen LogP contribution in [0.2, 0.25) is 0 Å². The highest BCUT2D eigenvalue weighted by Crippen LogP contribution is 2.25. The Morgan fingerprint density at radius 3 is 2.05 bits per heavy atom. The molecule has 1 amide bonds. The maximum atomic E-state index is 12.4. The predicted molar refractivity (Wildman–Crippen MR) is 80.4 cm³/mol. The fraction of sp³-hybridized carbons (Fsp3) is 0.923. The monoisotopic (exact) mass is 337 g/mol. The molecule has 21 heavy (non-hydrogen) atoms. The van der Waals surface area contributed by atoms with Crippen LogP contribution in [0.25, 0.3) is 0 Å². The topological polar surface area (TPSA) is 88.6 Å². The van der Waals surface area contributed by atoms with Crippen LogP contribution in [0, 0.1) is 5.92 Å². The van der Waals surface area contributed by atoms with E-state index in [0.29, 0.717) is 32.2 Å². The van der Waals surface area contributed by atoms with Gasteiger partial charge >= 0.3 is 0 Å². The molecule has 6 nitrogen and oxygen atoms in total. The fourth-order valence-electron chi connectivity index (χ4n) is 3.17. The van der Waals surface area contributed by atoms with Crippen LogP contribution in [0.1, 0.15) is 32.6 Å². The molecule has 0 aromatic carbocycles. The summed E-state index contributed by atoms with van der Waals surface area (Å²) in [7, 11) is -5.92. The summed E-state index contributed by atoms with van der Waals surface area (Å²) in [4.78, 5) is 14.0. The number of amides is 1. The second kappa shape index (κ2) is 6.24. The van der Waals surface area contributed by atoms with Crippen molar-refractivity contribution in [2.75, 3.05) is 29.6 Å². The molecule has 2 fully saturated rings. The van der Waals surface area contributed by atoms with Gasteiger partial charge in [-0.15, -0.1) is 0 Å².